The molecule has 1 aromatic carbocycles. The molecule has 0 bridgehead atoms. The fourth-order valence-corrected chi connectivity index (χ4v) is 5.13. The van der Waals surface area contributed by atoms with Crippen molar-refractivity contribution in [2.24, 2.45) is 0 Å². The summed E-state index contributed by atoms with van der Waals surface area (Å²) in [6.45, 7) is 2.47. The summed E-state index contributed by atoms with van der Waals surface area (Å²) in [6.07, 6.45) is 2.09. The Morgan fingerprint density at radius 1 is 1.23 bits per heavy atom. The van der Waals surface area contributed by atoms with Gasteiger partial charge < -0.3 is 15.5 Å². The van der Waals surface area contributed by atoms with Gasteiger partial charge in [0.15, 0.2) is 5.11 Å². The standard InChI is InChI=1S/C22H21ClN4OS2/c1-14-6-2-3-7-15(14)25-19(28)11-13-27-21(17-9-10-18(23)30-17)20(26-22(27)29)16-8-4-5-12-24-16/h2-10,12,20-21H,11,13H2,1H3,(H,25,28)(H,26,29)/t20-,21+/m1/s1. The van der Waals surface area contributed by atoms with E-state index in [-0.39, 0.29) is 18.0 Å². The second-order valence-electron chi connectivity index (χ2n) is 7.07. The highest BCUT2D eigenvalue weighted by molar-refractivity contribution is 7.80. The van der Waals surface area contributed by atoms with Gasteiger partial charge >= 0.3 is 0 Å². The number of hydrogen-bond donors (Lipinski definition) is 2. The van der Waals surface area contributed by atoms with Crippen LogP contribution in [0.15, 0.2) is 60.8 Å². The highest BCUT2D eigenvalue weighted by atomic mass is 35.5. The maximum Gasteiger partial charge on any atom is 0.226 e. The van der Waals surface area contributed by atoms with E-state index in [9.17, 15) is 4.79 Å². The fourth-order valence-electron chi connectivity index (χ4n) is 3.59. The molecular weight excluding hydrogens is 436 g/mol. The third-order valence-electron chi connectivity index (χ3n) is 5.08. The number of benzene rings is 1. The van der Waals surface area contributed by atoms with Crippen molar-refractivity contribution in [1.29, 1.82) is 0 Å². The van der Waals surface area contributed by atoms with Crippen molar-refractivity contribution in [3.63, 3.8) is 0 Å². The number of thiocarbonyl (C=S) groups is 1. The van der Waals surface area contributed by atoms with Gasteiger partial charge in [-0.2, -0.15) is 0 Å². The van der Waals surface area contributed by atoms with Gasteiger partial charge in [0, 0.05) is 29.7 Å². The zero-order chi connectivity index (χ0) is 21.1. The molecule has 2 aromatic heterocycles. The first-order valence-corrected chi connectivity index (χ1v) is 11.2. The first-order valence-electron chi connectivity index (χ1n) is 9.61. The molecule has 1 amide bonds. The molecule has 1 fully saturated rings. The van der Waals surface area contributed by atoms with Gasteiger partial charge in [0.2, 0.25) is 5.91 Å². The zero-order valence-corrected chi connectivity index (χ0v) is 18.7. The van der Waals surface area contributed by atoms with Gasteiger partial charge in [-0.1, -0.05) is 35.9 Å². The lowest BCUT2D eigenvalue weighted by Gasteiger charge is -2.26. The van der Waals surface area contributed by atoms with Crippen LogP contribution in [0.1, 0.15) is 34.6 Å². The Hall–Kier alpha value is -2.48. The first kappa shape index (κ1) is 20.8. The topological polar surface area (TPSA) is 57.3 Å². The Kier molecular flexibility index (Phi) is 6.32. The van der Waals surface area contributed by atoms with Crippen LogP contribution in [0.2, 0.25) is 4.34 Å². The monoisotopic (exact) mass is 456 g/mol. The number of anilines is 1. The Labute approximate surface area is 190 Å². The highest BCUT2D eigenvalue weighted by Gasteiger charge is 2.40. The molecular formula is C22H21ClN4OS2. The molecule has 30 heavy (non-hydrogen) atoms. The summed E-state index contributed by atoms with van der Waals surface area (Å²) in [5.41, 5.74) is 2.77. The highest BCUT2D eigenvalue weighted by Crippen LogP contribution is 2.42. The maximum atomic E-state index is 12.6. The van der Waals surface area contributed by atoms with E-state index < -0.39 is 0 Å². The summed E-state index contributed by atoms with van der Waals surface area (Å²) in [4.78, 5) is 20.3. The quantitative estimate of drug-likeness (QED) is 0.505. The number of carbonyl (C=O) groups is 1. The normalized spacial score (nSPS) is 18.3. The number of nitrogens with one attached hydrogen (secondary N) is 2. The van der Waals surface area contributed by atoms with Crippen LogP contribution in [-0.4, -0.2) is 27.4 Å². The molecule has 5 nitrogen and oxygen atoms in total. The molecule has 154 valence electrons. The molecule has 0 unspecified atom stereocenters. The molecule has 2 N–H and O–H groups in total. The lowest BCUT2D eigenvalue weighted by Crippen LogP contribution is -2.32. The number of amides is 1. The average Bonchev–Trinajstić information content (AvgIpc) is 3.31. The summed E-state index contributed by atoms with van der Waals surface area (Å²) in [7, 11) is 0. The Morgan fingerprint density at radius 2 is 2.03 bits per heavy atom. The third-order valence-corrected chi connectivity index (χ3v) is 6.74. The minimum atomic E-state index is -0.104. The predicted octanol–water partition coefficient (Wildman–Crippen LogP) is 5.11. The van der Waals surface area contributed by atoms with Crippen molar-refractivity contribution in [3.8, 4) is 0 Å². The second kappa shape index (κ2) is 9.12. The van der Waals surface area contributed by atoms with Gasteiger partial charge in [-0.3, -0.25) is 9.78 Å². The van der Waals surface area contributed by atoms with E-state index in [1.165, 1.54) is 11.3 Å². The second-order valence-corrected chi connectivity index (χ2v) is 9.21. The van der Waals surface area contributed by atoms with E-state index in [2.05, 4.69) is 20.5 Å². The van der Waals surface area contributed by atoms with Crippen molar-refractivity contribution in [1.82, 2.24) is 15.2 Å². The molecule has 1 aliphatic rings. The van der Waals surface area contributed by atoms with Crippen molar-refractivity contribution in [2.45, 2.75) is 25.4 Å². The molecule has 3 aromatic rings. The number of hydrogen-bond acceptors (Lipinski definition) is 4. The van der Waals surface area contributed by atoms with Gasteiger partial charge in [0.25, 0.3) is 0 Å². The number of aromatic nitrogens is 1. The molecule has 1 saturated heterocycles. The summed E-state index contributed by atoms with van der Waals surface area (Å²) in [5.74, 6) is -0.0450. The van der Waals surface area contributed by atoms with Crippen LogP contribution in [0.3, 0.4) is 0 Å². The summed E-state index contributed by atoms with van der Waals surface area (Å²) in [6, 6.07) is 17.3. The van der Waals surface area contributed by atoms with Crippen LogP contribution >= 0.6 is 35.2 Å². The van der Waals surface area contributed by atoms with E-state index in [4.69, 9.17) is 23.8 Å². The van der Waals surface area contributed by atoms with Gasteiger partial charge in [-0.15, -0.1) is 11.3 Å². The van der Waals surface area contributed by atoms with Crippen molar-refractivity contribution < 1.29 is 4.79 Å². The van der Waals surface area contributed by atoms with Crippen LogP contribution in [-0.2, 0) is 4.79 Å². The number of para-hydroxylation sites is 1. The molecule has 1 aliphatic heterocycles. The SMILES string of the molecule is Cc1ccccc1NC(=O)CCN1C(=S)N[C@H](c2ccccn2)[C@@H]1c1ccc(Cl)s1. The molecule has 0 saturated carbocycles. The number of carbonyl (C=O) groups excluding carboxylic acids is 1. The van der Waals surface area contributed by atoms with E-state index >= 15 is 0 Å². The van der Waals surface area contributed by atoms with Gasteiger partial charge in [0.1, 0.15) is 0 Å². The number of nitrogens with zero attached hydrogens (tertiary/aromatic N) is 2. The van der Waals surface area contributed by atoms with Crippen LogP contribution in [0, 0.1) is 6.92 Å². The molecule has 0 spiro atoms. The van der Waals surface area contributed by atoms with E-state index in [1.54, 1.807) is 6.20 Å². The Morgan fingerprint density at radius 3 is 2.73 bits per heavy atom. The van der Waals surface area contributed by atoms with Gasteiger partial charge in [0.05, 0.1) is 22.1 Å². The smallest absolute Gasteiger partial charge is 0.226 e. The van der Waals surface area contributed by atoms with Crippen molar-refractivity contribution >= 4 is 51.9 Å². The maximum absolute atomic E-state index is 12.6. The lowest BCUT2D eigenvalue weighted by atomic mass is 10.0. The number of halogens is 1. The number of thiophene rings is 1. The molecule has 0 radical (unpaired) electrons. The number of rotatable bonds is 6. The fraction of sp³-hybridized carbons (Fsp3) is 0.227. The largest absolute Gasteiger partial charge is 0.352 e. The number of pyridine rings is 1. The minimum absolute atomic E-state index is 0.0450. The summed E-state index contributed by atoms with van der Waals surface area (Å²) in [5, 5.41) is 6.99. The number of aryl methyl sites for hydroxylation is 1. The van der Waals surface area contributed by atoms with Crippen LogP contribution in [0.25, 0.3) is 0 Å². The van der Waals surface area contributed by atoms with Gasteiger partial charge in [-0.25, -0.2) is 0 Å². The molecule has 0 aliphatic carbocycles. The van der Waals surface area contributed by atoms with Crippen molar-refractivity contribution in [2.75, 3.05) is 11.9 Å². The minimum Gasteiger partial charge on any atom is -0.352 e. The molecule has 8 heteroatoms. The van der Waals surface area contributed by atoms with Crippen LogP contribution in [0.4, 0.5) is 5.69 Å². The van der Waals surface area contributed by atoms with Crippen molar-refractivity contribution in [3.05, 3.63) is 81.3 Å². The first-order chi connectivity index (χ1) is 14.5. The zero-order valence-electron chi connectivity index (χ0n) is 16.3. The molecule has 4 rings (SSSR count). The van der Waals surface area contributed by atoms with E-state index in [0.717, 1.165) is 26.2 Å². The lowest BCUT2D eigenvalue weighted by molar-refractivity contribution is -0.116. The van der Waals surface area contributed by atoms with Crippen LogP contribution in [0.5, 0.6) is 0 Å². The van der Waals surface area contributed by atoms with E-state index in [0.29, 0.717) is 18.1 Å². The summed E-state index contributed by atoms with van der Waals surface area (Å²) < 4.78 is 0.722. The predicted molar refractivity (Wildman–Crippen MR) is 126 cm³/mol. The Balaban J connectivity index is 1.52. The molecule has 2 atom stereocenters. The third kappa shape index (κ3) is 4.48. The average molecular weight is 457 g/mol. The van der Waals surface area contributed by atoms with E-state index in [1.807, 2.05) is 61.5 Å². The van der Waals surface area contributed by atoms with Gasteiger partial charge in [-0.05, 0) is 55.0 Å². The molecule has 3 heterocycles. The Bertz CT molecular complexity index is 1060. The summed E-state index contributed by atoms with van der Waals surface area (Å²) >= 11 is 13.4. The van der Waals surface area contributed by atoms with Crippen LogP contribution < -0.4 is 10.6 Å².